The number of carboxylic acids is 1. The Morgan fingerprint density at radius 3 is 2.60 bits per heavy atom. The van der Waals surface area contributed by atoms with Crippen molar-refractivity contribution < 1.29 is 19.4 Å². The van der Waals surface area contributed by atoms with Gasteiger partial charge in [0.05, 0.1) is 12.3 Å². The molecular formula is C18H20N2O4S. The summed E-state index contributed by atoms with van der Waals surface area (Å²) in [7, 11) is 0. The summed E-state index contributed by atoms with van der Waals surface area (Å²) >= 11 is 1.27. The summed E-state index contributed by atoms with van der Waals surface area (Å²) in [6.07, 6.45) is 1.69. The van der Waals surface area contributed by atoms with Crippen molar-refractivity contribution in [2.75, 3.05) is 6.61 Å². The van der Waals surface area contributed by atoms with Crippen molar-refractivity contribution in [2.24, 2.45) is 5.92 Å². The SMILES string of the molecule is CCOc1ccc(-c2nc(C)c(C(=O)NC(C(=O)O)C3CC3)s2)cc1. The first-order valence-electron chi connectivity index (χ1n) is 8.24. The molecule has 0 aliphatic heterocycles. The van der Waals surface area contributed by atoms with Gasteiger partial charge in [-0.1, -0.05) is 0 Å². The molecule has 7 heteroatoms. The van der Waals surface area contributed by atoms with Gasteiger partial charge in [-0.3, -0.25) is 4.79 Å². The average Bonchev–Trinajstić information content (AvgIpc) is 3.34. The second-order valence-corrected chi connectivity index (χ2v) is 7.02. The number of aromatic nitrogens is 1. The fourth-order valence-electron chi connectivity index (χ4n) is 2.61. The van der Waals surface area contributed by atoms with Crippen molar-refractivity contribution in [1.29, 1.82) is 0 Å². The molecule has 0 bridgehead atoms. The van der Waals surface area contributed by atoms with Crippen molar-refractivity contribution in [3.05, 3.63) is 34.8 Å². The number of hydrogen-bond donors (Lipinski definition) is 2. The molecule has 6 nitrogen and oxygen atoms in total. The van der Waals surface area contributed by atoms with E-state index in [9.17, 15) is 14.7 Å². The largest absolute Gasteiger partial charge is 0.494 e. The number of benzene rings is 1. The minimum atomic E-state index is -0.982. The molecule has 132 valence electrons. The van der Waals surface area contributed by atoms with Crippen LogP contribution in [0, 0.1) is 12.8 Å². The summed E-state index contributed by atoms with van der Waals surface area (Å²) in [5.74, 6) is -0.525. The fourth-order valence-corrected chi connectivity index (χ4v) is 3.58. The summed E-state index contributed by atoms with van der Waals surface area (Å²) in [6, 6.07) is 6.71. The summed E-state index contributed by atoms with van der Waals surface area (Å²) in [4.78, 5) is 28.7. The zero-order valence-electron chi connectivity index (χ0n) is 14.1. The molecular weight excluding hydrogens is 340 g/mol. The Bertz CT molecular complexity index is 781. The summed E-state index contributed by atoms with van der Waals surface area (Å²) in [5, 5.41) is 12.6. The van der Waals surface area contributed by atoms with E-state index < -0.39 is 12.0 Å². The normalized spacial score (nSPS) is 14.8. The molecule has 2 N–H and O–H groups in total. The van der Waals surface area contributed by atoms with Gasteiger partial charge in [0.1, 0.15) is 21.7 Å². The van der Waals surface area contributed by atoms with Crippen LogP contribution in [-0.4, -0.2) is 34.6 Å². The first kappa shape index (κ1) is 17.4. The van der Waals surface area contributed by atoms with Gasteiger partial charge in [-0.2, -0.15) is 0 Å². The van der Waals surface area contributed by atoms with Crippen molar-refractivity contribution in [3.8, 4) is 16.3 Å². The summed E-state index contributed by atoms with van der Waals surface area (Å²) in [5.41, 5.74) is 1.50. The summed E-state index contributed by atoms with van der Waals surface area (Å²) < 4.78 is 5.42. The number of nitrogens with one attached hydrogen (secondary N) is 1. The standard InChI is InChI=1S/C18H20N2O4S/c1-3-24-13-8-6-12(7-9-13)17-19-10(2)15(25-17)16(21)20-14(18(22)23)11-4-5-11/h6-9,11,14H,3-5H2,1-2H3,(H,20,21)(H,22,23). The fraction of sp³-hybridized carbons (Fsp3) is 0.389. The molecule has 0 spiro atoms. The number of amides is 1. The molecule has 3 rings (SSSR count). The first-order chi connectivity index (χ1) is 12.0. The van der Waals surface area contributed by atoms with Crippen LogP contribution in [0.25, 0.3) is 10.6 Å². The first-order valence-corrected chi connectivity index (χ1v) is 9.05. The molecule has 2 aromatic rings. The molecule has 0 radical (unpaired) electrons. The van der Waals surface area contributed by atoms with Crippen LogP contribution >= 0.6 is 11.3 Å². The van der Waals surface area contributed by atoms with E-state index in [-0.39, 0.29) is 11.8 Å². The Morgan fingerprint density at radius 2 is 2.04 bits per heavy atom. The number of aliphatic carboxylic acids is 1. The number of carboxylic acid groups (broad SMARTS) is 1. The number of ether oxygens (including phenoxy) is 1. The van der Waals surface area contributed by atoms with Crippen LogP contribution in [-0.2, 0) is 4.79 Å². The second kappa shape index (κ2) is 7.23. The van der Waals surface area contributed by atoms with Crippen LogP contribution < -0.4 is 10.1 Å². The van der Waals surface area contributed by atoms with E-state index in [0.717, 1.165) is 29.2 Å². The van der Waals surface area contributed by atoms with Gasteiger partial charge in [-0.15, -0.1) is 11.3 Å². The van der Waals surface area contributed by atoms with E-state index in [4.69, 9.17) is 4.74 Å². The molecule has 1 aromatic heterocycles. The van der Waals surface area contributed by atoms with E-state index >= 15 is 0 Å². The highest BCUT2D eigenvalue weighted by Crippen LogP contribution is 2.34. The zero-order valence-corrected chi connectivity index (χ0v) is 14.9. The predicted molar refractivity (Wildman–Crippen MR) is 95.1 cm³/mol. The highest BCUT2D eigenvalue weighted by Gasteiger charge is 2.37. The van der Waals surface area contributed by atoms with E-state index in [1.54, 1.807) is 6.92 Å². The Hall–Kier alpha value is -2.41. The third-order valence-corrected chi connectivity index (χ3v) is 5.27. The lowest BCUT2D eigenvalue weighted by Gasteiger charge is -2.12. The second-order valence-electron chi connectivity index (χ2n) is 6.02. The van der Waals surface area contributed by atoms with E-state index in [1.807, 2.05) is 31.2 Å². The lowest BCUT2D eigenvalue weighted by molar-refractivity contribution is -0.139. The number of rotatable bonds is 7. The monoisotopic (exact) mass is 360 g/mol. The van der Waals surface area contributed by atoms with E-state index in [0.29, 0.717) is 17.2 Å². The number of carbonyl (C=O) groups excluding carboxylic acids is 1. The number of aryl methyl sites for hydroxylation is 1. The van der Waals surface area contributed by atoms with Gasteiger partial charge in [0.25, 0.3) is 5.91 Å². The van der Waals surface area contributed by atoms with Crippen LogP contribution in [0.5, 0.6) is 5.75 Å². The van der Waals surface area contributed by atoms with Crippen LogP contribution in [0.4, 0.5) is 0 Å². The molecule has 1 aromatic carbocycles. The minimum absolute atomic E-state index is 0.0419. The average molecular weight is 360 g/mol. The van der Waals surface area contributed by atoms with Gasteiger partial charge < -0.3 is 15.2 Å². The third kappa shape index (κ3) is 3.99. The third-order valence-electron chi connectivity index (χ3n) is 4.06. The van der Waals surface area contributed by atoms with E-state index in [2.05, 4.69) is 10.3 Å². The van der Waals surface area contributed by atoms with Gasteiger partial charge in [-0.25, -0.2) is 9.78 Å². The highest BCUT2D eigenvalue weighted by atomic mass is 32.1. The van der Waals surface area contributed by atoms with Crippen LogP contribution in [0.1, 0.15) is 35.1 Å². The Kier molecular flexibility index (Phi) is 5.03. The van der Waals surface area contributed by atoms with Crippen molar-refractivity contribution >= 4 is 23.2 Å². The molecule has 0 saturated heterocycles. The molecule has 25 heavy (non-hydrogen) atoms. The van der Waals surface area contributed by atoms with E-state index in [1.165, 1.54) is 11.3 Å². The smallest absolute Gasteiger partial charge is 0.326 e. The molecule has 1 fully saturated rings. The maximum absolute atomic E-state index is 12.5. The quantitative estimate of drug-likeness (QED) is 0.792. The zero-order chi connectivity index (χ0) is 18.0. The maximum Gasteiger partial charge on any atom is 0.326 e. The Balaban J connectivity index is 1.77. The van der Waals surface area contributed by atoms with Gasteiger partial charge in [0.15, 0.2) is 0 Å². The predicted octanol–water partition coefficient (Wildman–Crippen LogP) is 3.11. The molecule has 1 unspecified atom stereocenters. The van der Waals surface area contributed by atoms with Gasteiger partial charge >= 0.3 is 5.97 Å². The van der Waals surface area contributed by atoms with Gasteiger partial charge in [0.2, 0.25) is 0 Å². The molecule has 1 saturated carbocycles. The maximum atomic E-state index is 12.5. The molecule has 1 amide bonds. The lowest BCUT2D eigenvalue weighted by Crippen LogP contribution is -2.42. The van der Waals surface area contributed by atoms with Crippen molar-refractivity contribution in [2.45, 2.75) is 32.7 Å². The molecule has 1 atom stereocenters. The number of carbonyl (C=O) groups is 2. The van der Waals surface area contributed by atoms with Gasteiger partial charge in [0, 0.05) is 5.56 Å². The van der Waals surface area contributed by atoms with Crippen molar-refractivity contribution in [1.82, 2.24) is 10.3 Å². The molecule has 1 heterocycles. The van der Waals surface area contributed by atoms with Crippen LogP contribution in [0.15, 0.2) is 24.3 Å². The number of hydrogen-bond acceptors (Lipinski definition) is 5. The number of nitrogens with zero attached hydrogens (tertiary/aromatic N) is 1. The molecule has 1 aliphatic carbocycles. The topological polar surface area (TPSA) is 88.5 Å². The Labute approximate surface area is 149 Å². The molecule has 1 aliphatic rings. The van der Waals surface area contributed by atoms with Crippen LogP contribution in [0.2, 0.25) is 0 Å². The van der Waals surface area contributed by atoms with Crippen molar-refractivity contribution in [3.63, 3.8) is 0 Å². The number of thiazole rings is 1. The summed E-state index contributed by atoms with van der Waals surface area (Å²) in [6.45, 7) is 4.29. The lowest BCUT2D eigenvalue weighted by atomic mass is 10.2. The van der Waals surface area contributed by atoms with Gasteiger partial charge in [-0.05, 0) is 56.9 Å². The van der Waals surface area contributed by atoms with Crippen LogP contribution in [0.3, 0.4) is 0 Å². The minimum Gasteiger partial charge on any atom is -0.494 e. The highest BCUT2D eigenvalue weighted by molar-refractivity contribution is 7.17. The Morgan fingerprint density at radius 1 is 1.36 bits per heavy atom.